The first-order valence-corrected chi connectivity index (χ1v) is 23.6. The average Bonchev–Trinajstić information content (AvgIpc) is 3.30. The van der Waals surface area contributed by atoms with E-state index in [1.807, 2.05) is 74.5 Å². The summed E-state index contributed by atoms with van der Waals surface area (Å²) in [5.74, 6) is -0.669. The number of nitrogens with one attached hydrogen (secondary N) is 4. The van der Waals surface area contributed by atoms with Gasteiger partial charge in [0, 0.05) is 21.7 Å². The lowest BCUT2D eigenvalue weighted by atomic mass is 9.92. The van der Waals surface area contributed by atoms with Crippen LogP contribution in [0.15, 0.2) is 97.1 Å². The Bertz CT molecular complexity index is 2500. The molecule has 14 nitrogen and oxygen atoms in total. The summed E-state index contributed by atoms with van der Waals surface area (Å²) in [6, 6.07) is 27.8. The number of fused-ring (bicyclic) bond motifs is 2. The molecule has 0 radical (unpaired) electrons. The Morgan fingerprint density at radius 2 is 1.18 bits per heavy atom. The number of halogens is 3. The monoisotopic (exact) mass is 1080 g/mol. The first kappa shape index (κ1) is 63.9. The second-order valence-corrected chi connectivity index (χ2v) is 18.0. The predicted molar refractivity (Wildman–Crippen MR) is 285 cm³/mol. The molecule has 0 aliphatic rings. The molecule has 0 saturated heterocycles. The van der Waals surface area contributed by atoms with Crippen LogP contribution >= 0.6 is 38.6 Å². The highest BCUT2D eigenvalue weighted by atomic mass is 35.5. The van der Waals surface area contributed by atoms with Gasteiger partial charge in [-0.1, -0.05) is 118 Å². The van der Waals surface area contributed by atoms with E-state index in [9.17, 15) is 19.2 Å². The molecule has 3 atom stereocenters. The van der Waals surface area contributed by atoms with Gasteiger partial charge < -0.3 is 60.7 Å². The topological polar surface area (TPSA) is 226 Å². The summed E-state index contributed by atoms with van der Waals surface area (Å²) in [5.41, 5.74) is 17.4. The summed E-state index contributed by atoms with van der Waals surface area (Å²) in [7, 11) is 0. The van der Waals surface area contributed by atoms with Crippen molar-refractivity contribution in [3.05, 3.63) is 108 Å². The number of ether oxygens (including phenoxy) is 3. The lowest BCUT2D eigenvalue weighted by molar-refractivity contribution is -0.459. The molecule has 0 spiro atoms. The number of nitrogens with two attached hydrogens (primary N) is 2. The van der Waals surface area contributed by atoms with E-state index in [0.29, 0.717) is 67.0 Å². The van der Waals surface area contributed by atoms with Crippen LogP contribution in [0.5, 0.6) is 11.5 Å². The van der Waals surface area contributed by atoms with Crippen LogP contribution in [-0.4, -0.2) is 74.1 Å². The number of hydrogen-bond acceptors (Lipinski definition) is 7. The molecule has 3 amide bonds. The molecule has 11 N–H and O–H groups in total. The largest absolute Gasteiger partial charge is 1.00 e. The summed E-state index contributed by atoms with van der Waals surface area (Å²) in [4.78, 5) is 58.5. The van der Waals surface area contributed by atoms with Crippen molar-refractivity contribution in [1.29, 1.82) is 0 Å². The molecule has 390 valence electrons. The number of amides is 3. The standard InChI is InChI=1S/C52H66ClN7O7.2ClH.2H2S/c1-33(2)26-29-65-44-24-22-35-14-5-8-17-38(35)47(44)48-39-18-9-6-15-36(39)23-25-45(48)66-32-46(61)58-41(20-11-12-27-54)49(62)59-42(21-13-28-57-52(55)56)50(63)60-43(30-34(3)4)51(64)67-31-37-16-7-10-19-40(37)53;;;;/h5-10,14-19,22-25,33-34,41-43H,11-13,20-21,26-32,54H2,1-4H3,(H,58,61)(H,59,62)(H,60,63)(H4,55,56,57);2*1H;2*1H2/t41-,42-,43+;;;;/m1..../s1. The number of quaternary nitrogens is 1. The van der Waals surface area contributed by atoms with E-state index >= 15 is 0 Å². The zero-order valence-electron chi connectivity index (χ0n) is 41.0. The summed E-state index contributed by atoms with van der Waals surface area (Å²) >= 11 is 6.30. The van der Waals surface area contributed by atoms with E-state index in [1.54, 1.807) is 24.3 Å². The van der Waals surface area contributed by atoms with Crippen molar-refractivity contribution in [2.24, 2.45) is 23.3 Å². The van der Waals surface area contributed by atoms with Gasteiger partial charge in [-0.3, -0.25) is 30.8 Å². The van der Waals surface area contributed by atoms with Crippen LogP contribution in [0.2, 0.25) is 5.02 Å². The van der Waals surface area contributed by atoms with Gasteiger partial charge >= 0.3 is 11.9 Å². The summed E-state index contributed by atoms with van der Waals surface area (Å²) < 4.78 is 18.5. The molecule has 5 rings (SSSR count). The molecule has 5 aromatic rings. The number of carbonyl (C=O) groups excluding carboxylic acids is 4. The van der Waals surface area contributed by atoms with Crippen molar-refractivity contribution in [3.63, 3.8) is 0 Å². The lowest BCUT2D eigenvalue weighted by Crippen LogP contribution is -3.00. The fourth-order valence-corrected chi connectivity index (χ4v) is 7.93. The third-order valence-electron chi connectivity index (χ3n) is 11.3. The van der Waals surface area contributed by atoms with Crippen molar-refractivity contribution < 1.29 is 68.9 Å². The highest BCUT2D eigenvalue weighted by molar-refractivity contribution is 7.59. The third-order valence-corrected chi connectivity index (χ3v) is 11.6. The molecule has 0 heterocycles. The summed E-state index contributed by atoms with van der Waals surface area (Å²) in [6.45, 7) is 9.16. The van der Waals surface area contributed by atoms with Crippen molar-refractivity contribution in [2.45, 2.75) is 97.4 Å². The van der Waals surface area contributed by atoms with Crippen LogP contribution in [0.1, 0.15) is 78.2 Å². The van der Waals surface area contributed by atoms with Gasteiger partial charge in [-0.2, -0.15) is 27.0 Å². The molecular formula is C52H72Cl3N7O7S2. The van der Waals surface area contributed by atoms with Crippen LogP contribution < -0.4 is 72.4 Å². The fraction of sp³-hybridized carbons (Fsp3) is 0.404. The second kappa shape index (κ2) is 32.8. The van der Waals surface area contributed by atoms with Gasteiger partial charge in [0.2, 0.25) is 11.8 Å². The van der Waals surface area contributed by atoms with Crippen molar-refractivity contribution in [3.8, 4) is 22.6 Å². The zero-order valence-corrected chi connectivity index (χ0v) is 45.2. The van der Waals surface area contributed by atoms with Gasteiger partial charge in [0.1, 0.15) is 36.2 Å². The van der Waals surface area contributed by atoms with Gasteiger partial charge in [-0.15, -0.1) is 0 Å². The number of hydrogen-bond donors (Lipinski definition) is 7. The van der Waals surface area contributed by atoms with Gasteiger partial charge in [0.15, 0.2) is 6.61 Å². The molecule has 19 heteroatoms. The maximum Gasteiger partial charge on any atom is 0.338 e. The lowest BCUT2D eigenvalue weighted by Gasteiger charge is -2.26. The van der Waals surface area contributed by atoms with E-state index in [0.717, 1.165) is 39.1 Å². The number of carbonyl (C=O) groups is 4. The van der Waals surface area contributed by atoms with Crippen molar-refractivity contribution in [2.75, 3.05) is 26.3 Å². The second-order valence-electron chi connectivity index (χ2n) is 17.6. The Morgan fingerprint density at radius 1 is 0.648 bits per heavy atom. The van der Waals surface area contributed by atoms with E-state index < -0.39 is 48.4 Å². The Labute approximate surface area is 449 Å². The molecule has 0 unspecified atom stereocenters. The predicted octanol–water partition coefficient (Wildman–Crippen LogP) is -0.859. The highest BCUT2D eigenvalue weighted by Crippen LogP contribution is 2.45. The van der Waals surface area contributed by atoms with Gasteiger partial charge in [0.25, 0.3) is 5.91 Å². The Kier molecular flexibility index (Phi) is 29.5. The van der Waals surface area contributed by atoms with E-state index in [1.165, 1.54) is 0 Å². The molecule has 0 aliphatic heterocycles. The maximum absolute atomic E-state index is 14.2. The molecule has 0 saturated carbocycles. The molecule has 0 aromatic heterocycles. The average molecular weight is 1080 g/mol. The minimum atomic E-state index is -1.10. The molecule has 5 aromatic carbocycles. The zero-order chi connectivity index (χ0) is 48.3. The van der Waals surface area contributed by atoms with Crippen LogP contribution in [0.25, 0.3) is 32.7 Å². The summed E-state index contributed by atoms with van der Waals surface area (Å²) in [5, 5.41) is 12.9. The maximum atomic E-state index is 14.2. The van der Waals surface area contributed by atoms with Crippen molar-refractivity contribution in [1.82, 2.24) is 16.0 Å². The number of unbranched alkanes of at least 4 members (excludes halogenated alkanes) is 1. The minimum Gasteiger partial charge on any atom is -1.00 e. The Balaban J connectivity index is 0.00000630. The first-order valence-electron chi connectivity index (χ1n) is 23.3. The smallest absolute Gasteiger partial charge is 0.338 e. The van der Waals surface area contributed by atoms with E-state index in [4.69, 9.17) is 37.3 Å². The highest BCUT2D eigenvalue weighted by Gasteiger charge is 2.31. The van der Waals surface area contributed by atoms with Crippen LogP contribution in [0, 0.1) is 11.8 Å². The SMILES string of the molecule is CC(C)CCOc1ccc2ccccc2c1-c1c(OCC(=O)N[C@H](CCCC[NH3+])C(=O)N[C@H](CCC[NH+]=C(N)N)C(=O)N[C@@H](CC(C)C)C(=O)OCc2ccccc2Cl)ccc2ccccc12.S.S.[Cl-].[Cl-]. The van der Waals surface area contributed by atoms with Crippen LogP contribution in [0.3, 0.4) is 0 Å². The first-order chi connectivity index (χ1) is 32.2. The quantitative estimate of drug-likeness (QED) is 0.0158. The summed E-state index contributed by atoms with van der Waals surface area (Å²) in [6.07, 6.45) is 3.26. The van der Waals surface area contributed by atoms with Gasteiger partial charge in [-0.05, 0) is 96.5 Å². The van der Waals surface area contributed by atoms with E-state index in [-0.39, 0.29) is 89.6 Å². The minimum absolute atomic E-state index is 0. The van der Waals surface area contributed by atoms with Crippen molar-refractivity contribution >= 4 is 89.8 Å². The number of esters is 1. The van der Waals surface area contributed by atoms with Crippen LogP contribution in [0.4, 0.5) is 0 Å². The van der Waals surface area contributed by atoms with Gasteiger partial charge in [0.05, 0.1) is 19.7 Å². The number of rotatable bonds is 26. The van der Waals surface area contributed by atoms with Gasteiger partial charge in [-0.25, -0.2) is 4.79 Å². The Morgan fingerprint density at radius 3 is 1.75 bits per heavy atom. The normalized spacial score (nSPS) is 11.9. The Hall–Kier alpha value is -5.10. The fourth-order valence-electron chi connectivity index (χ4n) is 7.74. The molecule has 0 bridgehead atoms. The third kappa shape index (κ3) is 19.8. The molecule has 0 fully saturated rings. The number of benzene rings is 5. The van der Waals surface area contributed by atoms with E-state index in [2.05, 4.69) is 52.7 Å². The molecule has 0 aliphatic carbocycles. The molecule has 71 heavy (non-hydrogen) atoms. The molecular weight excluding hydrogens is 1010 g/mol. The number of guanidine groups is 1. The van der Waals surface area contributed by atoms with Crippen LogP contribution in [-0.2, 0) is 30.5 Å².